The van der Waals surface area contributed by atoms with Crippen molar-refractivity contribution in [2.45, 2.75) is 46.6 Å². The molecule has 108 valence electrons. The first-order valence-corrected chi connectivity index (χ1v) is 7.15. The van der Waals surface area contributed by atoms with Gasteiger partial charge in [0.25, 0.3) is 5.95 Å². The van der Waals surface area contributed by atoms with Crippen LogP contribution in [0.25, 0.3) is 5.95 Å². The summed E-state index contributed by atoms with van der Waals surface area (Å²) in [4.78, 5) is 8.52. The molecule has 5 nitrogen and oxygen atoms in total. The van der Waals surface area contributed by atoms with Gasteiger partial charge < -0.3 is 5.32 Å². The highest BCUT2D eigenvalue weighted by molar-refractivity contribution is 5.29. The minimum atomic E-state index is 0.539. The minimum Gasteiger partial charge on any atom is -0.315 e. The third-order valence-electron chi connectivity index (χ3n) is 3.34. The van der Waals surface area contributed by atoms with Gasteiger partial charge in [-0.3, -0.25) is 0 Å². The van der Waals surface area contributed by atoms with Gasteiger partial charge in [-0.2, -0.15) is 5.10 Å². The Labute approximate surface area is 120 Å². The molecular weight excluding hydrogens is 250 g/mol. The Morgan fingerprint density at radius 2 is 1.90 bits per heavy atom. The fourth-order valence-electron chi connectivity index (χ4n) is 2.29. The van der Waals surface area contributed by atoms with E-state index in [4.69, 9.17) is 0 Å². The van der Waals surface area contributed by atoms with Crippen LogP contribution in [0.3, 0.4) is 0 Å². The van der Waals surface area contributed by atoms with E-state index < -0.39 is 0 Å². The van der Waals surface area contributed by atoms with Crippen LogP contribution in [0, 0.1) is 13.8 Å². The van der Waals surface area contributed by atoms with Crippen molar-refractivity contribution >= 4 is 0 Å². The average molecular weight is 273 g/mol. The third-order valence-corrected chi connectivity index (χ3v) is 3.34. The maximum absolute atomic E-state index is 4.57. The second-order valence-corrected chi connectivity index (χ2v) is 5.32. The van der Waals surface area contributed by atoms with E-state index in [1.54, 1.807) is 12.4 Å². The second-order valence-electron chi connectivity index (χ2n) is 5.32. The van der Waals surface area contributed by atoms with Gasteiger partial charge in [0.05, 0.1) is 5.69 Å². The molecule has 0 unspecified atom stereocenters. The summed E-state index contributed by atoms with van der Waals surface area (Å²) in [5.74, 6) is 0.639. The number of hydrogen-bond donors (Lipinski definition) is 1. The molecule has 1 N–H and O–H groups in total. The van der Waals surface area contributed by atoms with E-state index in [-0.39, 0.29) is 0 Å². The summed E-state index contributed by atoms with van der Waals surface area (Å²) in [6.45, 7) is 9.51. The molecule has 0 aliphatic heterocycles. The molecule has 0 bridgehead atoms. The first kappa shape index (κ1) is 14.7. The summed E-state index contributed by atoms with van der Waals surface area (Å²) in [6.07, 6.45) is 5.63. The van der Waals surface area contributed by atoms with E-state index in [0.29, 0.717) is 12.0 Å². The van der Waals surface area contributed by atoms with Crippen LogP contribution >= 0.6 is 0 Å². The van der Waals surface area contributed by atoms with Crippen molar-refractivity contribution in [3.8, 4) is 5.95 Å². The molecule has 0 aliphatic rings. The molecule has 2 aromatic heterocycles. The van der Waals surface area contributed by atoms with E-state index in [1.165, 1.54) is 5.56 Å². The monoisotopic (exact) mass is 273 g/mol. The lowest BCUT2D eigenvalue weighted by Crippen LogP contribution is -2.24. The Balaban J connectivity index is 2.09. The standard InChI is InChI=1S/C15H23N5/c1-11(2)16-8-5-7-14-12(3)19-20(13(14)4)15-17-9-6-10-18-15/h6,9-11,16H,5,7-8H2,1-4H3. The van der Waals surface area contributed by atoms with Gasteiger partial charge in [0.15, 0.2) is 0 Å². The van der Waals surface area contributed by atoms with Gasteiger partial charge in [0.2, 0.25) is 0 Å². The Hall–Kier alpha value is -1.75. The van der Waals surface area contributed by atoms with E-state index in [1.807, 2.05) is 10.7 Å². The highest BCUT2D eigenvalue weighted by atomic mass is 15.4. The van der Waals surface area contributed by atoms with Crippen LogP contribution in [0.1, 0.15) is 37.2 Å². The van der Waals surface area contributed by atoms with Gasteiger partial charge in [-0.05, 0) is 44.9 Å². The van der Waals surface area contributed by atoms with Crippen molar-refractivity contribution in [1.29, 1.82) is 0 Å². The van der Waals surface area contributed by atoms with Crippen molar-refractivity contribution in [2.75, 3.05) is 6.54 Å². The van der Waals surface area contributed by atoms with Crippen LogP contribution in [0.2, 0.25) is 0 Å². The largest absolute Gasteiger partial charge is 0.315 e. The predicted molar refractivity (Wildman–Crippen MR) is 80.1 cm³/mol. The van der Waals surface area contributed by atoms with E-state index >= 15 is 0 Å². The molecule has 0 saturated heterocycles. The molecule has 2 rings (SSSR count). The molecule has 2 aromatic rings. The maximum Gasteiger partial charge on any atom is 0.250 e. The Morgan fingerprint density at radius 3 is 2.55 bits per heavy atom. The molecule has 0 aromatic carbocycles. The second kappa shape index (κ2) is 6.61. The Morgan fingerprint density at radius 1 is 1.20 bits per heavy atom. The normalized spacial score (nSPS) is 11.2. The molecule has 2 heterocycles. The average Bonchev–Trinajstić information content (AvgIpc) is 2.71. The molecule has 0 spiro atoms. The van der Waals surface area contributed by atoms with Gasteiger partial charge in [-0.15, -0.1) is 0 Å². The summed E-state index contributed by atoms with van der Waals surface area (Å²) in [6, 6.07) is 2.35. The highest BCUT2D eigenvalue weighted by Gasteiger charge is 2.13. The third kappa shape index (κ3) is 3.42. The lowest BCUT2D eigenvalue weighted by atomic mass is 10.1. The van der Waals surface area contributed by atoms with Crippen molar-refractivity contribution in [3.63, 3.8) is 0 Å². The van der Waals surface area contributed by atoms with Gasteiger partial charge in [-0.1, -0.05) is 13.8 Å². The van der Waals surface area contributed by atoms with Crippen LogP contribution in [-0.4, -0.2) is 32.3 Å². The van der Waals surface area contributed by atoms with E-state index in [9.17, 15) is 0 Å². The molecule has 5 heteroatoms. The Kier molecular flexibility index (Phi) is 4.84. The lowest BCUT2D eigenvalue weighted by Gasteiger charge is -2.08. The van der Waals surface area contributed by atoms with Crippen LogP contribution in [0.4, 0.5) is 0 Å². The number of hydrogen-bond acceptors (Lipinski definition) is 4. The first-order chi connectivity index (χ1) is 9.59. The fraction of sp³-hybridized carbons (Fsp3) is 0.533. The summed E-state index contributed by atoms with van der Waals surface area (Å²) in [5, 5.41) is 8.01. The van der Waals surface area contributed by atoms with Gasteiger partial charge in [-0.25, -0.2) is 14.6 Å². The van der Waals surface area contributed by atoms with Crippen LogP contribution in [0.15, 0.2) is 18.5 Å². The van der Waals surface area contributed by atoms with Crippen molar-refractivity contribution in [2.24, 2.45) is 0 Å². The fourth-order valence-corrected chi connectivity index (χ4v) is 2.29. The molecule has 0 radical (unpaired) electrons. The molecule has 0 aliphatic carbocycles. The number of rotatable bonds is 6. The molecule has 20 heavy (non-hydrogen) atoms. The summed E-state index contributed by atoms with van der Waals surface area (Å²) < 4.78 is 1.83. The zero-order valence-corrected chi connectivity index (χ0v) is 12.7. The molecular formula is C15H23N5. The molecule has 0 saturated carbocycles. The van der Waals surface area contributed by atoms with Gasteiger partial charge in [0.1, 0.15) is 0 Å². The summed E-state index contributed by atoms with van der Waals surface area (Å²) >= 11 is 0. The van der Waals surface area contributed by atoms with E-state index in [2.05, 4.69) is 48.1 Å². The molecule has 0 fully saturated rings. The smallest absolute Gasteiger partial charge is 0.250 e. The van der Waals surface area contributed by atoms with Crippen LogP contribution in [0.5, 0.6) is 0 Å². The lowest BCUT2D eigenvalue weighted by molar-refractivity contribution is 0.570. The highest BCUT2D eigenvalue weighted by Crippen LogP contribution is 2.17. The predicted octanol–water partition coefficient (Wildman–Crippen LogP) is 2.21. The quantitative estimate of drug-likeness (QED) is 0.820. The van der Waals surface area contributed by atoms with Crippen molar-refractivity contribution in [3.05, 3.63) is 35.4 Å². The number of nitrogens with one attached hydrogen (secondary N) is 1. The zero-order chi connectivity index (χ0) is 14.5. The molecule has 0 amide bonds. The first-order valence-electron chi connectivity index (χ1n) is 7.15. The molecule has 0 atom stereocenters. The topological polar surface area (TPSA) is 55.6 Å². The van der Waals surface area contributed by atoms with Crippen LogP contribution in [-0.2, 0) is 6.42 Å². The zero-order valence-electron chi connectivity index (χ0n) is 12.7. The van der Waals surface area contributed by atoms with Crippen molar-refractivity contribution in [1.82, 2.24) is 25.1 Å². The Bertz CT molecular complexity index is 545. The SMILES string of the molecule is Cc1nn(-c2ncccn2)c(C)c1CCCNC(C)C. The van der Waals surface area contributed by atoms with Gasteiger partial charge in [0, 0.05) is 24.1 Å². The minimum absolute atomic E-state index is 0.539. The number of nitrogens with zero attached hydrogens (tertiary/aromatic N) is 4. The van der Waals surface area contributed by atoms with E-state index in [0.717, 1.165) is 30.8 Å². The van der Waals surface area contributed by atoms with Crippen LogP contribution < -0.4 is 5.32 Å². The number of aryl methyl sites for hydroxylation is 1. The van der Waals surface area contributed by atoms with Crippen molar-refractivity contribution < 1.29 is 0 Å². The maximum atomic E-state index is 4.57. The summed E-state index contributed by atoms with van der Waals surface area (Å²) in [5.41, 5.74) is 3.51. The van der Waals surface area contributed by atoms with Gasteiger partial charge >= 0.3 is 0 Å². The number of aromatic nitrogens is 4. The summed E-state index contributed by atoms with van der Waals surface area (Å²) in [7, 11) is 0.